The summed E-state index contributed by atoms with van der Waals surface area (Å²) in [6.45, 7) is 7.94. The van der Waals surface area contributed by atoms with Crippen molar-refractivity contribution >= 4 is 0 Å². The van der Waals surface area contributed by atoms with Crippen molar-refractivity contribution in [2.45, 2.75) is 65.3 Å². The molecule has 0 saturated carbocycles. The average Bonchev–Trinajstić information content (AvgIpc) is 2.29. The third-order valence-corrected chi connectivity index (χ3v) is 3.07. The molecule has 1 heterocycles. The van der Waals surface area contributed by atoms with Gasteiger partial charge < -0.3 is 0 Å². The van der Waals surface area contributed by atoms with Crippen molar-refractivity contribution in [1.29, 1.82) is 0 Å². The smallest absolute Gasteiger partial charge is 0.172 e. The lowest BCUT2D eigenvalue weighted by atomic mass is 10.1. The summed E-state index contributed by atoms with van der Waals surface area (Å²) in [5.41, 5.74) is 1.44. The van der Waals surface area contributed by atoms with Gasteiger partial charge >= 0.3 is 0 Å². The Bertz CT molecular complexity index is 291. The highest BCUT2D eigenvalue weighted by Crippen LogP contribution is 2.10. The first kappa shape index (κ1) is 13.2. The van der Waals surface area contributed by atoms with Gasteiger partial charge in [0.2, 0.25) is 0 Å². The summed E-state index contributed by atoms with van der Waals surface area (Å²) in [5, 5.41) is 0. The first-order chi connectivity index (χ1) is 7.74. The van der Waals surface area contributed by atoms with Gasteiger partial charge in [0.1, 0.15) is 6.54 Å². The van der Waals surface area contributed by atoms with E-state index in [4.69, 9.17) is 0 Å². The highest BCUT2D eigenvalue weighted by Gasteiger charge is 2.05. The number of hydrogen-bond donors (Lipinski definition) is 0. The molecule has 0 fully saturated rings. The summed E-state index contributed by atoms with van der Waals surface area (Å²) < 4.78 is 2.33. The summed E-state index contributed by atoms with van der Waals surface area (Å²) >= 11 is 0. The number of aryl methyl sites for hydroxylation is 1. The molecule has 0 bridgehead atoms. The molecule has 0 aliphatic heterocycles. The molecule has 0 aliphatic carbocycles. The number of aromatic nitrogens is 1. The molecule has 1 nitrogen and oxygen atoms in total. The fourth-order valence-corrected chi connectivity index (χ4v) is 1.92. The van der Waals surface area contributed by atoms with Gasteiger partial charge in [-0.3, -0.25) is 0 Å². The van der Waals surface area contributed by atoms with Gasteiger partial charge in [-0.15, -0.1) is 0 Å². The Morgan fingerprint density at radius 2 is 1.88 bits per heavy atom. The zero-order valence-corrected chi connectivity index (χ0v) is 11.1. The Labute approximate surface area is 101 Å². The molecule has 0 radical (unpaired) electrons. The second-order valence-corrected chi connectivity index (χ2v) is 4.94. The van der Waals surface area contributed by atoms with Gasteiger partial charge in [-0.25, -0.2) is 4.57 Å². The van der Waals surface area contributed by atoms with Gasteiger partial charge in [-0.05, 0) is 18.4 Å². The molecule has 0 spiro atoms. The lowest BCUT2D eigenvalue weighted by Crippen LogP contribution is -2.33. The van der Waals surface area contributed by atoms with Crippen LogP contribution in [0.1, 0.15) is 64.4 Å². The lowest BCUT2D eigenvalue weighted by molar-refractivity contribution is -0.697. The fraction of sp³-hybridized carbons (Fsp3) is 0.667. The zero-order chi connectivity index (χ0) is 11.8. The number of pyridine rings is 1. The topological polar surface area (TPSA) is 3.88 Å². The third-order valence-electron chi connectivity index (χ3n) is 3.07. The quantitative estimate of drug-likeness (QED) is 0.482. The normalized spacial score (nSPS) is 11.0. The maximum atomic E-state index is 2.33. The number of unbranched alkanes of at least 4 members (excludes halogenated alkanes) is 4. The maximum absolute atomic E-state index is 2.33. The van der Waals surface area contributed by atoms with Crippen LogP contribution in [0.2, 0.25) is 0 Å². The van der Waals surface area contributed by atoms with Crippen LogP contribution in [-0.2, 0) is 6.54 Å². The van der Waals surface area contributed by atoms with Gasteiger partial charge in [-0.1, -0.05) is 40.0 Å². The van der Waals surface area contributed by atoms with Gasteiger partial charge in [0.05, 0.1) is 0 Å². The Hall–Kier alpha value is -0.850. The second kappa shape index (κ2) is 7.43. The summed E-state index contributed by atoms with van der Waals surface area (Å²) in [7, 11) is 0. The molecule has 1 rings (SSSR count). The molecule has 0 amide bonds. The zero-order valence-electron chi connectivity index (χ0n) is 11.1. The van der Waals surface area contributed by atoms with Gasteiger partial charge in [0.25, 0.3) is 0 Å². The molecule has 0 atom stereocenters. The first-order valence-electron chi connectivity index (χ1n) is 6.73. The highest BCUT2D eigenvalue weighted by molar-refractivity contribution is 5.09. The van der Waals surface area contributed by atoms with Crippen LogP contribution in [-0.4, -0.2) is 0 Å². The fourth-order valence-electron chi connectivity index (χ4n) is 1.92. The third kappa shape index (κ3) is 4.78. The van der Waals surface area contributed by atoms with Crippen LogP contribution in [0.4, 0.5) is 0 Å². The van der Waals surface area contributed by atoms with Crippen LogP contribution in [0.15, 0.2) is 24.5 Å². The Balaban J connectivity index is 2.33. The molecule has 0 aliphatic rings. The van der Waals surface area contributed by atoms with Crippen LogP contribution in [0.3, 0.4) is 0 Å². The van der Waals surface area contributed by atoms with E-state index in [9.17, 15) is 0 Å². The van der Waals surface area contributed by atoms with Crippen LogP contribution in [0.25, 0.3) is 0 Å². The number of hydrogen-bond acceptors (Lipinski definition) is 0. The van der Waals surface area contributed by atoms with Crippen molar-refractivity contribution in [3.63, 3.8) is 0 Å². The molecule has 0 N–H and O–H groups in total. The first-order valence-corrected chi connectivity index (χ1v) is 6.73. The SMILES string of the molecule is CCCCCCC[n+]1cccc(C(C)C)c1. The largest absolute Gasteiger partial charge is 0.205 e. The second-order valence-electron chi connectivity index (χ2n) is 4.94. The summed E-state index contributed by atoms with van der Waals surface area (Å²) in [6, 6.07) is 4.39. The Kier molecular flexibility index (Phi) is 6.14. The number of rotatable bonds is 7. The summed E-state index contributed by atoms with van der Waals surface area (Å²) in [6.07, 6.45) is 11.3. The monoisotopic (exact) mass is 220 g/mol. The van der Waals surface area contributed by atoms with Gasteiger partial charge in [0, 0.05) is 18.1 Å². The Morgan fingerprint density at radius 1 is 1.12 bits per heavy atom. The van der Waals surface area contributed by atoms with E-state index in [0.717, 1.165) is 0 Å². The molecule has 1 heteroatoms. The van der Waals surface area contributed by atoms with Crippen LogP contribution in [0, 0.1) is 0 Å². The molecule has 16 heavy (non-hydrogen) atoms. The van der Waals surface area contributed by atoms with E-state index in [2.05, 4.69) is 49.9 Å². The minimum absolute atomic E-state index is 0.632. The molecular weight excluding hydrogens is 194 g/mol. The molecular formula is C15H26N+. The minimum atomic E-state index is 0.632. The summed E-state index contributed by atoms with van der Waals surface area (Å²) in [5.74, 6) is 0.632. The number of nitrogens with zero attached hydrogens (tertiary/aromatic N) is 1. The van der Waals surface area contributed by atoms with E-state index < -0.39 is 0 Å². The predicted molar refractivity (Wildman–Crippen MR) is 69.5 cm³/mol. The molecule has 1 aromatic rings. The Morgan fingerprint density at radius 3 is 2.56 bits per heavy atom. The minimum Gasteiger partial charge on any atom is -0.205 e. The molecule has 90 valence electrons. The van der Waals surface area contributed by atoms with E-state index in [1.54, 1.807) is 0 Å². The molecule has 1 aromatic heterocycles. The van der Waals surface area contributed by atoms with Crippen LogP contribution in [0.5, 0.6) is 0 Å². The van der Waals surface area contributed by atoms with E-state index >= 15 is 0 Å². The van der Waals surface area contributed by atoms with Crippen molar-refractivity contribution in [3.8, 4) is 0 Å². The van der Waals surface area contributed by atoms with Crippen molar-refractivity contribution in [2.75, 3.05) is 0 Å². The molecule has 0 saturated heterocycles. The lowest BCUT2D eigenvalue weighted by Gasteiger charge is -2.03. The van der Waals surface area contributed by atoms with Crippen LogP contribution < -0.4 is 4.57 Å². The standard InChI is InChI=1S/C15H26N/c1-4-5-6-7-8-11-16-12-9-10-15(13-16)14(2)3/h9-10,12-14H,4-8,11H2,1-3H3/q+1. The van der Waals surface area contributed by atoms with Gasteiger partial charge in [-0.2, -0.15) is 0 Å². The molecule has 0 aromatic carbocycles. The van der Waals surface area contributed by atoms with E-state index in [-0.39, 0.29) is 0 Å². The maximum Gasteiger partial charge on any atom is 0.172 e. The van der Waals surface area contributed by atoms with E-state index in [1.807, 2.05) is 0 Å². The van der Waals surface area contributed by atoms with Crippen molar-refractivity contribution in [1.82, 2.24) is 0 Å². The van der Waals surface area contributed by atoms with E-state index in [0.29, 0.717) is 5.92 Å². The van der Waals surface area contributed by atoms with E-state index in [1.165, 1.54) is 44.2 Å². The van der Waals surface area contributed by atoms with Crippen molar-refractivity contribution in [3.05, 3.63) is 30.1 Å². The molecule has 0 unspecified atom stereocenters. The average molecular weight is 220 g/mol. The summed E-state index contributed by atoms with van der Waals surface area (Å²) in [4.78, 5) is 0. The van der Waals surface area contributed by atoms with Crippen molar-refractivity contribution in [2.24, 2.45) is 0 Å². The van der Waals surface area contributed by atoms with Crippen LogP contribution >= 0.6 is 0 Å². The van der Waals surface area contributed by atoms with Gasteiger partial charge in [0.15, 0.2) is 12.4 Å². The highest BCUT2D eigenvalue weighted by atomic mass is 14.9. The predicted octanol–water partition coefficient (Wildman–Crippen LogP) is 4.07. The van der Waals surface area contributed by atoms with Crippen molar-refractivity contribution < 1.29 is 4.57 Å².